The van der Waals surface area contributed by atoms with Crippen molar-refractivity contribution in [1.82, 2.24) is 19.5 Å². The van der Waals surface area contributed by atoms with Gasteiger partial charge in [-0.1, -0.05) is 152 Å². The van der Waals surface area contributed by atoms with Crippen LogP contribution in [0, 0.1) is 0 Å². The third kappa shape index (κ3) is 5.32. The van der Waals surface area contributed by atoms with Crippen LogP contribution in [0.5, 0.6) is 0 Å². The highest BCUT2D eigenvalue weighted by molar-refractivity contribution is 6.26. The molecular formula is C57H34N4O. The van der Waals surface area contributed by atoms with Crippen molar-refractivity contribution in [3.05, 3.63) is 206 Å². The first kappa shape index (κ1) is 34.5. The van der Waals surface area contributed by atoms with Crippen LogP contribution in [0.4, 0.5) is 0 Å². The molecular weight excluding hydrogens is 757 g/mol. The topological polar surface area (TPSA) is 56.7 Å². The van der Waals surface area contributed by atoms with E-state index >= 15 is 0 Å². The molecule has 0 amide bonds. The summed E-state index contributed by atoms with van der Waals surface area (Å²) in [5, 5.41) is 12.0. The molecule has 0 unspecified atom stereocenters. The summed E-state index contributed by atoms with van der Waals surface area (Å²) < 4.78 is 8.91. The number of hydrogen-bond donors (Lipinski definition) is 0. The molecule has 288 valence electrons. The molecule has 3 aromatic heterocycles. The zero-order valence-corrected chi connectivity index (χ0v) is 33.3. The number of para-hydroxylation sites is 3. The number of benzene rings is 10. The molecule has 0 aliphatic rings. The van der Waals surface area contributed by atoms with E-state index in [9.17, 15) is 0 Å². The Balaban J connectivity index is 0.963. The maximum atomic E-state index is 6.59. The Hall–Kier alpha value is -8.41. The van der Waals surface area contributed by atoms with Gasteiger partial charge >= 0.3 is 0 Å². The van der Waals surface area contributed by atoms with Crippen LogP contribution >= 0.6 is 0 Å². The van der Waals surface area contributed by atoms with Crippen molar-refractivity contribution in [3.63, 3.8) is 0 Å². The molecule has 0 N–H and O–H groups in total. The lowest BCUT2D eigenvalue weighted by Gasteiger charge is -2.12. The smallest absolute Gasteiger partial charge is 0.166 e. The normalized spacial score (nSPS) is 11.9. The van der Waals surface area contributed by atoms with Crippen LogP contribution in [0.1, 0.15) is 0 Å². The molecule has 0 saturated carbocycles. The molecule has 3 heterocycles. The minimum absolute atomic E-state index is 0.576. The van der Waals surface area contributed by atoms with Crippen molar-refractivity contribution < 1.29 is 4.42 Å². The average molecular weight is 791 g/mol. The molecule has 5 nitrogen and oxygen atoms in total. The van der Waals surface area contributed by atoms with Crippen molar-refractivity contribution in [2.45, 2.75) is 0 Å². The molecule has 0 atom stereocenters. The van der Waals surface area contributed by atoms with E-state index in [0.29, 0.717) is 17.5 Å². The second kappa shape index (κ2) is 13.6. The quantitative estimate of drug-likeness (QED) is 0.163. The van der Waals surface area contributed by atoms with E-state index in [4.69, 9.17) is 19.4 Å². The average Bonchev–Trinajstić information content (AvgIpc) is 3.89. The van der Waals surface area contributed by atoms with E-state index in [1.807, 2.05) is 36.4 Å². The van der Waals surface area contributed by atoms with Crippen molar-refractivity contribution in [2.24, 2.45) is 0 Å². The predicted octanol–water partition coefficient (Wildman–Crippen LogP) is 15.0. The van der Waals surface area contributed by atoms with Crippen molar-refractivity contribution in [2.75, 3.05) is 0 Å². The van der Waals surface area contributed by atoms with Crippen molar-refractivity contribution >= 4 is 76.1 Å². The fourth-order valence-corrected chi connectivity index (χ4v) is 9.57. The van der Waals surface area contributed by atoms with Gasteiger partial charge in [0.15, 0.2) is 17.5 Å². The zero-order valence-electron chi connectivity index (χ0n) is 33.3. The maximum absolute atomic E-state index is 6.59. The Kier molecular flexibility index (Phi) is 7.54. The third-order valence-corrected chi connectivity index (χ3v) is 12.4. The fourth-order valence-electron chi connectivity index (χ4n) is 9.57. The summed E-state index contributed by atoms with van der Waals surface area (Å²) >= 11 is 0. The molecule has 10 aromatic carbocycles. The lowest BCUT2D eigenvalue weighted by molar-refractivity contribution is 0.669. The number of fused-ring (bicyclic) bond motifs is 12. The summed E-state index contributed by atoms with van der Waals surface area (Å²) in [6.45, 7) is 0. The van der Waals surface area contributed by atoms with Gasteiger partial charge in [0, 0.05) is 43.9 Å². The number of nitrogens with zero attached hydrogens (tertiary/aromatic N) is 4. The first-order chi connectivity index (χ1) is 30.7. The largest absolute Gasteiger partial charge is 0.456 e. The molecule has 5 heteroatoms. The molecule has 13 aromatic rings. The van der Waals surface area contributed by atoms with Crippen LogP contribution in [0.25, 0.3) is 127 Å². The van der Waals surface area contributed by atoms with E-state index < -0.39 is 0 Å². The van der Waals surface area contributed by atoms with Crippen LogP contribution in [0.15, 0.2) is 211 Å². The summed E-state index contributed by atoms with van der Waals surface area (Å²) in [6.07, 6.45) is 0. The Bertz CT molecular complexity index is 3890. The molecule has 0 spiro atoms. The molecule has 0 aliphatic carbocycles. The van der Waals surface area contributed by atoms with Gasteiger partial charge in [-0.05, 0) is 98.0 Å². The summed E-state index contributed by atoms with van der Waals surface area (Å²) in [6, 6.07) is 72.7. The van der Waals surface area contributed by atoms with Gasteiger partial charge < -0.3 is 8.98 Å². The Morgan fingerprint density at radius 3 is 1.58 bits per heavy atom. The van der Waals surface area contributed by atoms with Crippen molar-refractivity contribution in [1.29, 1.82) is 0 Å². The highest BCUT2D eigenvalue weighted by Gasteiger charge is 2.21. The first-order valence-electron chi connectivity index (χ1n) is 20.9. The summed E-state index contributed by atoms with van der Waals surface area (Å²) in [5.74, 6) is 1.78. The Labute approximate surface area is 355 Å². The van der Waals surface area contributed by atoms with Gasteiger partial charge in [0.05, 0.1) is 11.0 Å². The maximum Gasteiger partial charge on any atom is 0.166 e. The molecule has 0 radical (unpaired) electrons. The number of aromatic nitrogens is 4. The van der Waals surface area contributed by atoms with Crippen LogP contribution < -0.4 is 0 Å². The van der Waals surface area contributed by atoms with Crippen LogP contribution in [0.2, 0.25) is 0 Å². The second-order valence-electron chi connectivity index (χ2n) is 15.9. The minimum Gasteiger partial charge on any atom is -0.456 e. The van der Waals surface area contributed by atoms with Gasteiger partial charge in [0.25, 0.3) is 0 Å². The SMILES string of the molecule is c1ccc(-c2nc(-c3ccc4c(c3)oc3ccc(-c5ccc6c7ccccc7c7ccccc7c6c5)cc34)nc(-c3cccc4c5ccccc5n(-c5ccccc5)c34)n2)cc1. The van der Waals surface area contributed by atoms with Gasteiger partial charge in [-0.3, -0.25) is 0 Å². The number of furan rings is 1. The Morgan fingerprint density at radius 2 is 0.839 bits per heavy atom. The molecule has 0 bridgehead atoms. The van der Waals surface area contributed by atoms with Crippen LogP contribution in [-0.4, -0.2) is 19.5 Å². The minimum atomic E-state index is 0.576. The van der Waals surface area contributed by atoms with Crippen LogP contribution in [0.3, 0.4) is 0 Å². The second-order valence-corrected chi connectivity index (χ2v) is 15.9. The van der Waals surface area contributed by atoms with E-state index in [0.717, 1.165) is 66.3 Å². The predicted molar refractivity (Wildman–Crippen MR) is 256 cm³/mol. The van der Waals surface area contributed by atoms with E-state index in [1.165, 1.54) is 43.3 Å². The molecule has 0 aliphatic heterocycles. The summed E-state index contributed by atoms with van der Waals surface area (Å²) in [4.78, 5) is 15.6. The van der Waals surface area contributed by atoms with Gasteiger partial charge in [-0.25, -0.2) is 15.0 Å². The lowest BCUT2D eigenvalue weighted by Crippen LogP contribution is -2.02. The summed E-state index contributed by atoms with van der Waals surface area (Å²) in [7, 11) is 0. The molecule has 0 saturated heterocycles. The summed E-state index contributed by atoms with van der Waals surface area (Å²) in [5.41, 5.74) is 9.86. The first-order valence-corrected chi connectivity index (χ1v) is 20.9. The monoisotopic (exact) mass is 790 g/mol. The van der Waals surface area contributed by atoms with Crippen molar-refractivity contribution in [3.8, 4) is 51.0 Å². The standard InChI is InChI=1S/C57H34N4O/c1-3-14-35(15-4-1)55-58-56(60-57(59-55)48-24-13-23-47-45-22-11-12-25-51(45)61(54(47)48)39-16-5-2-6-17-39)38-27-30-46-50-33-37(28-31-52(50)62-53(46)34-38)36-26-29-44-42-20-8-7-18-40(42)41-19-9-10-21-43(41)49(44)32-36/h1-34H. The van der Waals surface area contributed by atoms with E-state index in [1.54, 1.807) is 0 Å². The third-order valence-electron chi connectivity index (χ3n) is 12.4. The number of hydrogen-bond acceptors (Lipinski definition) is 4. The highest BCUT2D eigenvalue weighted by Crippen LogP contribution is 2.41. The fraction of sp³-hybridized carbons (Fsp3) is 0. The van der Waals surface area contributed by atoms with E-state index in [2.05, 4.69) is 174 Å². The van der Waals surface area contributed by atoms with Gasteiger partial charge in [-0.15, -0.1) is 0 Å². The van der Waals surface area contributed by atoms with Gasteiger partial charge in [0.2, 0.25) is 0 Å². The van der Waals surface area contributed by atoms with E-state index in [-0.39, 0.29) is 0 Å². The number of rotatable bonds is 5. The lowest BCUT2D eigenvalue weighted by atomic mass is 9.92. The van der Waals surface area contributed by atoms with Gasteiger partial charge in [0.1, 0.15) is 11.2 Å². The zero-order chi connectivity index (χ0) is 40.7. The van der Waals surface area contributed by atoms with Gasteiger partial charge in [-0.2, -0.15) is 0 Å². The molecule has 62 heavy (non-hydrogen) atoms. The Morgan fingerprint density at radius 1 is 0.306 bits per heavy atom. The highest BCUT2D eigenvalue weighted by atomic mass is 16.3. The molecule has 13 rings (SSSR count). The van der Waals surface area contributed by atoms with Crippen LogP contribution in [-0.2, 0) is 0 Å². The molecule has 0 fully saturated rings.